The number of alkyl halides is 3. The van der Waals surface area contributed by atoms with Gasteiger partial charge in [-0.15, -0.1) is 13.2 Å². The number of pyridine rings is 1. The van der Waals surface area contributed by atoms with E-state index in [1.54, 1.807) is 0 Å². The molecule has 0 spiro atoms. The first-order valence-corrected chi connectivity index (χ1v) is 4.75. The van der Waals surface area contributed by atoms with Gasteiger partial charge >= 0.3 is 12.3 Å². The number of rotatable bonds is 4. The van der Waals surface area contributed by atoms with E-state index in [1.807, 2.05) is 0 Å². The minimum Gasteiger partial charge on any atom is -0.481 e. The van der Waals surface area contributed by atoms with Gasteiger partial charge in [-0.05, 0) is 18.6 Å². The highest BCUT2D eigenvalue weighted by molar-refractivity contribution is 5.70. The first kappa shape index (κ1) is 14.1. The van der Waals surface area contributed by atoms with E-state index in [0.29, 0.717) is 0 Å². The number of halogens is 3. The van der Waals surface area contributed by atoms with Crippen molar-refractivity contribution in [2.75, 3.05) is 7.11 Å². The van der Waals surface area contributed by atoms with E-state index in [9.17, 15) is 18.0 Å². The summed E-state index contributed by atoms with van der Waals surface area (Å²) in [5.74, 6) is -2.15. The van der Waals surface area contributed by atoms with E-state index in [2.05, 4.69) is 14.5 Å². The highest BCUT2D eigenvalue weighted by Gasteiger charge is 2.33. The van der Waals surface area contributed by atoms with Crippen molar-refractivity contribution in [3.8, 4) is 11.6 Å². The van der Waals surface area contributed by atoms with Crippen LogP contribution in [0.15, 0.2) is 6.07 Å². The van der Waals surface area contributed by atoms with Crippen LogP contribution < -0.4 is 9.47 Å². The zero-order valence-electron chi connectivity index (χ0n) is 9.54. The smallest absolute Gasteiger partial charge is 0.481 e. The highest BCUT2D eigenvalue weighted by Crippen LogP contribution is 2.32. The second kappa shape index (κ2) is 5.11. The lowest BCUT2D eigenvalue weighted by atomic mass is 10.1. The van der Waals surface area contributed by atoms with Gasteiger partial charge in [0.2, 0.25) is 0 Å². The van der Waals surface area contributed by atoms with Crippen molar-refractivity contribution in [2.45, 2.75) is 19.7 Å². The van der Waals surface area contributed by atoms with Crippen molar-refractivity contribution in [3.05, 3.63) is 17.3 Å². The number of hydrogen-bond acceptors (Lipinski definition) is 4. The Balaban J connectivity index is 3.14. The van der Waals surface area contributed by atoms with Crippen molar-refractivity contribution >= 4 is 5.97 Å². The molecule has 0 saturated carbocycles. The monoisotopic (exact) mass is 265 g/mol. The second-order valence-electron chi connectivity index (χ2n) is 3.38. The molecule has 1 N–H and O–H groups in total. The molecule has 1 heterocycles. The van der Waals surface area contributed by atoms with E-state index < -0.39 is 30.4 Å². The van der Waals surface area contributed by atoms with Crippen LogP contribution in [0.1, 0.15) is 11.3 Å². The minimum absolute atomic E-state index is 0.119. The predicted octanol–water partition coefficient (Wildman–Crippen LogP) is 1.92. The number of hydrogen-bond donors (Lipinski definition) is 1. The molecular weight excluding hydrogens is 255 g/mol. The Morgan fingerprint density at radius 3 is 2.56 bits per heavy atom. The Hall–Kier alpha value is -1.99. The molecule has 0 radical (unpaired) electrons. The molecule has 8 heteroatoms. The van der Waals surface area contributed by atoms with Crippen molar-refractivity contribution in [2.24, 2.45) is 0 Å². The number of methoxy groups -OCH3 is 1. The van der Waals surface area contributed by atoms with Crippen molar-refractivity contribution in [1.82, 2.24) is 4.98 Å². The van der Waals surface area contributed by atoms with Crippen LogP contribution in [0.5, 0.6) is 11.6 Å². The lowest BCUT2D eigenvalue weighted by molar-refractivity contribution is -0.275. The Labute approximate surface area is 100 Å². The molecule has 1 aromatic rings. The number of aryl methyl sites for hydroxylation is 1. The molecule has 0 aromatic carbocycles. The lowest BCUT2D eigenvalue weighted by Gasteiger charge is -2.13. The fourth-order valence-electron chi connectivity index (χ4n) is 1.27. The second-order valence-corrected chi connectivity index (χ2v) is 3.38. The summed E-state index contributed by atoms with van der Waals surface area (Å²) in [4.78, 5) is 14.2. The third-order valence-corrected chi connectivity index (χ3v) is 1.99. The number of nitrogens with zero attached hydrogens (tertiary/aromatic N) is 1. The molecule has 0 unspecified atom stereocenters. The lowest BCUT2D eigenvalue weighted by Crippen LogP contribution is -2.18. The van der Waals surface area contributed by atoms with Crippen molar-refractivity contribution in [1.29, 1.82) is 0 Å². The fourth-order valence-corrected chi connectivity index (χ4v) is 1.27. The van der Waals surface area contributed by atoms with Crippen molar-refractivity contribution < 1.29 is 32.5 Å². The summed E-state index contributed by atoms with van der Waals surface area (Å²) < 4.78 is 44.7. The Bertz CT molecular complexity index is 459. The molecule has 100 valence electrons. The van der Waals surface area contributed by atoms with Gasteiger partial charge in [-0.2, -0.15) is 0 Å². The highest BCUT2D eigenvalue weighted by atomic mass is 19.4. The largest absolute Gasteiger partial charge is 0.573 e. The molecule has 1 rings (SSSR count). The average molecular weight is 265 g/mol. The number of carbonyl (C=O) groups is 1. The van der Waals surface area contributed by atoms with Gasteiger partial charge in [-0.25, -0.2) is 4.98 Å². The van der Waals surface area contributed by atoms with Crippen LogP contribution in [-0.4, -0.2) is 29.5 Å². The Kier molecular flexibility index (Phi) is 4.00. The normalized spacial score (nSPS) is 11.2. The number of aliphatic carboxylic acids is 1. The van der Waals surface area contributed by atoms with E-state index >= 15 is 0 Å². The van der Waals surface area contributed by atoms with Gasteiger partial charge in [0.05, 0.1) is 19.2 Å². The van der Waals surface area contributed by atoms with Crippen LogP contribution in [0.2, 0.25) is 0 Å². The van der Waals surface area contributed by atoms with Gasteiger partial charge in [0.1, 0.15) is 0 Å². The zero-order chi connectivity index (χ0) is 13.9. The van der Waals surface area contributed by atoms with Crippen LogP contribution in [0.4, 0.5) is 13.2 Å². The summed E-state index contributed by atoms with van der Waals surface area (Å²) in [6, 6.07) is 1.04. The molecule has 0 aliphatic carbocycles. The molecule has 0 fully saturated rings. The molecule has 0 bridgehead atoms. The number of carboxylic acids is 1. The van der Waals surface area contributed by atoms with Gasteiger partial charge in [0.15, 0.2) is 5.75 Å². The predicted molar refractivity (Wildman–Crippen MR) is 53.5 cm³/mol. The fraction of sp³-hybridized carbons (Fsp3) is 0.400. The Morgan fingerprint density at radius 1 is 1.50 bits per heavy atom. The van der Waals surface area contributed by atoms with Gasteiger partial charge in [-0.1, -0.05) is 0 Å². The SMILES string of the molecule is COc1nc(CC(=O)O)c(C)cc1OC(F)(F)F. The molecule has 0 aliphatic rings. The number of aromatic nitrogens is 1. The van der Waals surface area contributed by atoms with E-state index in [0.717, 1.165) is 13.2 Å². The van der Waals surface area contributed by atoms with Gasteiger partial charge in [0, 0.05) is 0 Å². The van der Waals surface area contributed by atoms with E-state index in [4.69, 9.17) is 5.11 Å². The molecule has 18 heavy (non-hydrogen) atoms. The van der Waals surface area contributed by atoms with Crippen LogP contribution in [-0.2, 0) is 11.2 Å². The molecule has 0 saturated heterocycles. The molecular formula is C10H10F3NO4. The maximum absolute atomic E-state index is 12.1. The Morgan fingerprint density at radius 2 is 2.11 bits per heavy atom. The summed E-state index contributed by atoms with van der Waals surface area (Å²) in [7, 11) is 1.12. The average Bonchev–Trinajstić information content (AvgIpc) is 2.19. The topological polar surface area (TPSA) is 68.7 Å². The summed E-state index contributed by atoms with van der Waals surface area (Å²) in [6.45, 7) is 1.44. The van der Waals surface area contributed by atoms with E-state index in [-0.39, 0.29) is 11.3 Å². The molecule has 0 aliphatic heterocycles. The molecule has 1 aromatic heterocycles. The maximum atomic E-state index is 12.1. The third-order valence-electron chi connectivity index (χ3n) is 1.99. The van der Waals surface area contributed by atoms with Gasteiger partial charge in [0.25, 0.3) is 5.88 Å². The first-order valence-electron chi connectivity index (χ1n) is 4.75. The van der Waals surface area contributed by atoms with Crippen LogP contribution in [0, 0.1) is 6.92 Å². The molecule has 0 amide bonds. The summed E-state index contributed by atoms with van der Waals surface area (Å²) in [6.07, 6.45) is -5.27. The minimum atomic E-state index is -4.87. The number of carboxylic acid groups (broad SMARTS) is 1. The zero-order valence-corrected chi connectivity index (χ0v) is 9.54. The van der Waals surface area contributed by atoms with Crippen LogP contribution >= 0.6 is 0 Å². The van der Waals surface area contributed by atoms with Crippen molar-refractivity contribution in [3.63, 3.8) is 0 Å². The first-order chi connectivity index (χ1) is 8.23. The third kappa shape index (κ3) is 3.79. The number of ether oxygens (including phenoxy) is 2. The summed E-state index contributed by atoms with van der Waals surface area (Å²) >= 11 is 0. The quantitative estimate of drug-likeness (QED) is 0.900. The van der Waals surface area contributed by atoms with Gasteiger partial charge < -0.3 is 14.6 Å². The van der Waals surface area contributed by atoms with E-state index in [1.165, 1.54) is 6.92 Å². The van der Waals surface area contributed by atoms with Crippen LogP contribution in [0.3, 0.4) is 0 Å². The standard InChI is InChI=1S/C10H10F3NO4/c1-5-3-7(18-10(11,12)13)9(17-2)14-6(5)4-8(15)16/h3H,4H2,1-2H3,(H,15,16). The maximum Gasteiger partial charge on any atom is 0.573 e. The summed E-state index contributed by atoms with van der Waals surface area (Å²) in [5.41, 5.74) is 0.395. The molecule has 5 nitrogen and oxygen atoms in total. The summed E-state index contributed by atoms with van der Waals surface area (Å²) in [5, 5.41) is 8.62. The van der Waals surface area contributed by atoms with Crippen LogP contribution in [0.25, 0.3) is 0 Å². The molecule has 0 atom stereocenters. The van der Waals surface area contributed by atoms with Gasteiger partial charge in [-0.3, -0.25) is 4.79 Å².